The van der Waals surface area contributed by atoms with Gasteiger partial charge in [0.1, 0.15) is 0 Å². The molecular weight excluding hydrogens is 224 g/mol. The molecule has 0 aromatic heterocycles. The van der Waals surface area contributed by atoms with Crippen molar-refractivity contribution in [2.45, 2.75) is 23.8 Å². The number of rotatable bonds is 2. The molecule has 2 N–H and O–H groups in total. The minimum atomic E-state index is -3.32. The molecule has 0 aliphatic heterocycles. The Morgan fingerprint density at radius 3 is 2.50 bits per heavy atom. The van der Waals surface area contributed by atoms with Crippen LogP contribution in [0.25, 0.3) is 0 Å². The third-order valence-corrected chi connectivity index (χ3v) is 4.73. The summed E-state index contributed by atoms with van der Waals surface area (Å²) in [4.78, 5) is 0.352. The van der Waals surface area contributed by atoms with Crippen LogP contribution in [0.15, 0.2) is 23.1 Å². The zero-order valence-corrected chi connectivity index (χ0v) is 10.3. The van der Waals surface area contributed by atoms with Gasteiger partial charge in [0.2, 0.25) is 10.0 Å². The van der Waals surface area contributed by atoms with Gasteiger partial charge in [-0.15, -0.1) is 0 Å². The molecule has 1 aromatic rings. The predicted molar refractivity (Wildman–Crippen MR) is 62.7 cm³/mol. The average molecular weight is 240 g/mol. The van der Waals surface area contributed by atoms with Crippen LogP contribution < -0.4 is 5.73 Å². The Labute approximate surface area is 96.1 Å². The molecule has 0 heterocycles. The first kappa shape index (κ1) is 11.6. The molecule has 4 nitrogen and oxygen atoms in total. The van der Waals surface area contributed by atoms with Gasteiger partial charge in [0.15, 0.2) is 0 Å². The molecule has 88 valence electrons. The lowest BCUT2D eigenvalue weighted by molar-refractivity contribution is 0.520. The van der Waals surface area contributed by atoms with Crippen molar-refractivity contribution in [3.8, 4) is 0 Å². The summed E-state index contributed by atoms with van der Waals surface area (Å²) in [5.74, 6) is 0. The first-order chi connectivity index (χ1) is 7.41. The number of fused-ring (bicyclic) bond motifs is 1. The summed E-state index contributed by atoms with van der Waals surface area (Å²) in [5, 5.41) is 0. The van der Waals surface area contributed by atoms with E-state index in [0.717, 1.165) is 18.4 Å². The largest absolute Gasteiger partial charge is 0.327 e. The Balaban J connectivity index is 2.44. The van der Waals surface area contributed by atoms with Crippen LogP contribution in [0.5, 0.6) is 0 Å². The molecule has 0 radical (unpaired) electrons. The number of sulfonamides is 1. The van der Waals surface area contributed by atoms with Gasteiger partial charge < -0.3 is 5.73 Å². The normalized spacial score (nSPS) is 20.1. The minimum Gasteiger partial charge on any atom is -0.327 e. The highest BCUT2D eigenvalue weighted by atomic mass is 32.2. The number of benzene rings is 1. The minimum absolute atomic E-state index is 0.132. The summed E-state index contributed by atoms with van der Waals surface area (Å²) < 4.78 is 25.0. The number of hydrogen-bond acceptors (Lipinski definition) is 3. The van der Waals surface area contributed by atoms with Gasteiger partial charge in [0.05, 0.1) is 4.90 Å². The highest BCUT2D eigenvalue weighted by Crippen LogP contribution is 2.25. The van der Waals surface area contributed by atoms with Crippen LogP contribution in [-0.4, -0.2) is 32.9 Å². The molecule has 0 saturated heterocycles. The molecule has 5 heteroatoms. The highest BCUT2D eigenvalue weighted by Gasteiger charge is 2.22. The third-order valence-electron chi connectivity index (χ3n) is 2.92. The van der Waals surface area contributed by atoms with E-state index in [1.54, 1.807) is 12.1 Å². The van der Waals surface area contributed by atoms with Crippen molar-refractivity contribution < 1.29 is 8.42 Å². The lowest BCUT2D eigenvalue weighted by atomic mass is 10.1. The first-order valence-electron chi connectivity index (χ1n) is 5.21. The predicted octanol–water partition coefficient (Wildman–Crippen LogP) is 0.363. The molecule has 0 bridgehead atoms. The SMILES string of the molecule is CN(C)S(=O)(=O)c1ccc2c(c1)C[C@@H](N)C2. The van der Waals surface area contributed by atoms with Gasteiger partial charge in [0, 0.05) is 20.1 Å². The fourth-order valence-electron chi connectivity index (χ4n) is 2.00. The zero-order chi connectivity index (χ0) is 11.9. The summed E-state index contributed by atoms with van der Waals surface area (Å²) in [6, 6.07) is 5.41. The van der Waals surface area contributed by atoms with E-state index in [4.69, 9.17) is 5.73 Å². The molecule has 0 saturated carbocycles. The zero-order valence-electron chi connectivity index (χ0n) is 9.47. The van der Waals surface area contributed by atoms with E-state index >= 15 is 0 Å². The average Bonchev–Trinajstić information content (AvgIpc) is 2.56. The Bertz CT molecular complexity index is 509. The summed E-state index contributed by atoms with van der Waals surface area (Å²) in [7, 11) is -0.251. The van der Waals surface area contributed by atoms with E-state index in [-0.39, 0.29) is 6.04 Å². The number of hydrogen-bond donors (Lipinski definition) is 1. The van der Waals surface area contributed by atoms with Gasteiger partial charge in [-0.2, -0.15) is 0 Å². The van der Waals surface area contributed by atoms with E-state index in [2.05, 4.69) is 0 Å². The number of nitrogens with zero attached hydrogens (tertiary/aromatic N) is 1. The van der Waals surface area contributed by atoms with Crippen LogP contribution in [0.1, 0.15) is 11.1 Å². The highest BCUT2D eigenvalue weighted by molar-refractivity contribution is 7.89. The quantitative estimate of drug-likeness (QED) is 0.812. The second-order valence-electron chi connectivity index (χ2n) is 4.39. The lowest BCUT2D eigenvalue weighted by Crippen LogP contribution is -2.22. The first-order valence-corrected chi connectivity index (χ1v) is 6.65. The standard InChI is InChI=1S/C11H16N2O2S/c1-13(2)16(14,15)11-4-3-8-5-10(12)6-9(8)7-11/h3-4,7,10H,5-6,12H2,1-2H3/t10-/m0/s1. The van der Waals surface area contributed by atoms with Gasteiger partial charge in [-0.05, 0) is 36.1 Å². The molecular formula is C11H16N2O2S. The van der Waals surface area contributed by atoms with Crippen LogP contribution in [-0.2, 0) is 22.9 Å². The van der Waals surface area contributed by atoms with Crippen LogP contribution in [0.4, 0.5) is 0 Å². The fraction of sp³-hybridized carbons (Fsp3) is 0.455. The summed E-state index contributed by atoms with van der Waals surface area (Å²) >= 11 is 0. The van der Waals surface area contributed by atoms with Crippen molar-refractivity contribution in [1.82, 2.24) is 4.31 Å². The molecule has 1 aliphatic rings. The molecule has 16 heavy (non-hydrogen) atoms. The topological polar surface area (TPSA) is 63.4 Å². The van der Waals surface area contributed by atoms with Gasteiger partial charge in [-0.3, -0.25) is 0 Å². The van der Waals surface area contributed by atoms with Crippen molar-refractivity contribution in [2.75, 3.05) is 14.1 Å². The second-order valence-corrected chi connectivity index (χ2v) is 6.54. The molecule has 1 aliphatic carbocycles. The second kappa shape index (κ2) is 3.84. The maximum Gasteiger partial charge on any atom is 0.242 e. The van der Waals surface area contributed by atoms with Crippen molar-refractivity contribution in [3.63, 3.8) is 0 Å². The third kappa shape index (κ3) is 1.86. The Kier molecular flexibility index (Phi) is 2.77. The van der Waals surface area contributed by atoms with Crippen LogP contribution in [0.3, 0.4) is 0 Å². The summed E-state index contributed by atoms with van der Waals surface area (Å²) in [6.07, 6.45) is 1.61. The molecule has 0 fully saturated rings. The van der Waals surface area contributed by atoms with E-state index in [1.165, 1.54) is 24.0 Å². The van der Waals surface area contributed by atoms with E-state index in [0.29, 0.717) is 4.90 Å². The molecule has 2 rings (SSSR count). The van der Waals surface area contributed by atoms with Crippen LogP contribution in [0, 0.1) is 0 Å². The monoisotopic (exact) mass is 240 g/mol. The van der Waals surface area contributed by atoms with E-state index < -0.39 is 10.0 Å². The van der Waals surface area contributed by atoms with Gasteiger partial charge in [0.25, 0.3) is 0 Å². The van der Waals surface area contributed by atoms with E-state index in [9.17, 15) is 8.42 Å². The van der Waals surface area contributed by atoms with Crippen molar-refractivity contribution in [3.05, 3.63) is 29.3 Å². The van der Waals surface area contributed by atoms with Gasteiger partial charge in [-0.1, -0.05) is 6.07 Å². The molecule has 0 unspecified atom stereocenters. The molecule has 0 amide bonds. The van der Waals surface area contributed by atoms with Crippen LogP contribution in [0.2, 0.25) is 0 Å². The molecule has 1 aromatic carbocycles. The van der Waals surface area contributed by atoms with Crippen molar-refractivity contribution in [2.24, 2.45) is 5.73 Å². The Morgan fingerprint density at radius 1 is 1.25 bits per heavy atom. The molecule has 0 spiro atoms. The maximum absolute atomic E-state index is 11.9. The Morgan fingerprint density at radius 2 is 1.88 bits per heavy atom. The summed E-state index contributed by atoms with van der Waals surface area (Å²) in [6.45, 7) is 0. The number of nitrogens with two attached hydrogens (primary N) is 1. The van der Waals surface area contributed by atoms with Gasteiger partial charge >= 0.3 is 0 Å². The molecule has 1 atom stereocenters. The van der Waals surface area contributed by atoms with Crippen LogP contribution >= 0.6 is 0 Å². The van der Waals surface area contributed by atoms with E-state index in [1.807, 2.05) is 6.07 Å². The Hall–Kier alpha value is -0.910. The fourth-order valence-corrected chi connectivity index (χ4v) is 2.95. The van der Waals surface area contributed by atoms with Gasteiger partial charge in [-0.25, -0.2) is 12.7 Å². The van der Waals surface area contributed by atoms with Crippen molar-refractivity contribution in [1.29, 1.82) is 0 Å². The lowest BCUT2D eigenvalue weighted by Gasteiger charge is -2.12. The van der Waals surface area contributed by atoms with Crippen molar-refractivity contribution >= 4 is 10.0 Å². The smallest absolute Gasteiger partial charge is 0.242 e. The maximum atomic E-state index is 11.9. The summed E-state index contributed by atoms with van der Waals surface area (Å²) in [5.41, 5.74) is 8.08.